The fraction of sp³-hybridized carbons (Fsp3) is 0.588. The lowest BCUT2D eigenvalue weighted by molar-refractivity contribution is 0.00867. The number of anilines is 1. The maximum absolute atomic E-state index is 12.3. The molecule has 0 unspecified atom stereocenters. The second-order valence-electron chi connectivity index (χ2n) is 6.27. The van der Waals surface area contributed by atoms with Gasteiger partial charge in [0.1, 0.15) is 11.4 Å². The van der Waals surface area contributed by atoms with Crippen molar-refractivity contribution in [1.29, 1.82) is 0 Å². The summed E-state index contributed by atoms with van der Waals surface area (Å²) in [5.41, 5.74) is 6.29. The first kappa shape index (κ1) is 15.2. The zero-order valence-corrected chi connectivity index (χ0v) is 13.1. The second-order valence-corrected chi connectivity index (χ2v) is 6.27. The smallest absolute Gasteiger partial charge is 0.415 e. The van der Waals surface area contributed by atoms with E-state index in [1.807, 2.05) is 31.2 Å². The summed E-state index contributed by atoms with van der Waals surface area (Å²) < 4.78 is 11.3. The van der Waals surface area contributed by atoms with Crippen molar-refractivity contribution in [3.05, 3.63) is 24.3 Å². The molecule has 5 heteroatoms. The summed E-state index contributed by atoms with van der Waals surface area (Å²) in [7, 11) is 0. The number of benzene rings is 1. The van der Waals surface area contributed by atoms with E-state index in [9.17, 15) is 4.79 Å². The number of carbonyl (C=O) groups is 1. The van der Waals surface area contributed by atoms with Gasteiger partial charge >= 0.3 is 6.09 Å². The van der Waals surface area contributed by atoms with Crippen LogP contribution in [0.4, 0.5) is 10.5 Å². The molecule has 3 rings (SSSR count). The molecule has 0 radical (unpaired) electrons. The molecule has 1 spiro atoms. The van der Waals surface area contributed by atoms with Crippen molar-refractivity contribution >= 4 is 11.8 Å². The molecule has 5 nitrogen and oxygen atoms in total. The molecule has 120 valence electrons. The van der Waals surface area contributed by atoms with E-state index in [0.29, 0.717) is 25.6 Å². The molecule has 0 aromatic heterocycles. The highest BCUT2D eigenvalue weighted by Crippen LogP contribution is 2.41. The third-order valence-corrected chi connectivity index (χ3v) is 4.65. The molecular formula is C17H24N2O3. The first-order valence-electron chi connectivity index (χ1n) is 8.09. The third kappa shape index (κ3) is 2.90. The molecule has 1 amide bonds. The van der Waals surface area contributed by atoms with Crippen molar-refractivity contribution in [2.75, 3.05) is 24.6 Å². The average molecular weight is 304 g/mol. The topological polar surface area (TPSA) is 64.8 Å². The Kier molecular flexibility index (Phi) is 4.25. The molecule has 2 fully saturated rings. The van der Waals surface area contributed by atoms with E-state index in [0.717, 1.165) is 37.1 Å². The molecule has 1 saturated heterocycles. The highest BCUT2D eigenvalue weighted by Gasteiger charge is 2.48. The summed E-state index contributed by atoms with van der Waals surface area (Å²) in [5, 5.41) is 0. The predicted octanol–water partition coefficient (Wildman–Crippen LogP) is 2.93. The van der Waals surface area contributed by atoms with Crippen molar-refractivity contribution < 1.29 is 14.3 Å². The van der Waals surface area contributed by atoms with Crippen LogP contribution in [0.2, 0.25) is 0 Å². The summed E-state index contributed by atoms with van der Waals surface area (Å²) in [6, 6.07) is 7.62. The quantitative estimate of drug-likeness (QED) is 0.929. The molecule has 2 aliphatic rings. The molecule has 1 aromatic carbocycles. The Bertz CT molecular complexity index is 548. The minimum Gasteiger partial charge on any atom is -0.494 e. The number of rotatable bonds is 4. The van der Waals surface area contributed by atoms with Crippen molar-refractivity contribution in [3.8, 4) is 5.75 Å². The van der Waals surface area contributed by atoms with Crippen LogP contribution >= 0.6 is 0 Å². The number of carbonyl (C=O) groups excluding carboxylic acids is 1. The predicted molar refractivity (Wildman–Crippen MR) is 85.2 cm³/mol. The van der Waals surface area contributed by atoms with E-state index in [1.54, 1.807) is 4.90 Å². The lowest BCUT2D eigenvalue weighted by Crippen LogP contribution is -2.41. The lowest BCUT2D eigenvalue weighted by Gasteiger charge is -2.35. The van der Waals surface area contributed by atoms with Crippen LogP contribution < -0.4 is 15.4 Å². The van der Waals surface area contributed by atoms with Gasteiger partial charge in [-0.2, -0.15) is 0 Å². The van der Waals surface area contributed by atoms with E-state index in [-0.39, 0.29) is 11.7 Å². The average Bonchev–Trinajstić information content (AvgIpc) is 2.84. The van der Waals surface area contributed by atoms with Crippen molar-refractivity contribution in [2.45, 2.75) is 38.2 Å². The number of amides is 1. The summed E-state index contributed by atoms with van der Waals surface area (Å²) in [5.74, 6) is 1.23. The van der Waals surface area contributed by atoms with Crippen LogP contribution in [0, 0.1) is 5.92 Å². The highest BCUT2D eigenvalue weighted by molar-refractivity contribution is 5.90. The van der Waals surface area contributed by atoms with Crippen LogP contribution in [0.3, 0.4) is 0 Å². The number of hydrogen-bond donors (Lipinski definition) is 1. The Labute approximate surface area is 131 Å². The molecule has 1 aliphatic carbocycles. The maximum Gasteiger partial charge on any atom is 0.415 e. The summed E-state index contributed by atoms with van der Waals surface area (Å²) in [6.45, 7) is 3.83. The molecule has 0 bridgehead atoms. The molecule has 1 saturated carbocycles. The van der Waals surface area contributed by atoms with Crippen LogP contribution in [0.15, 0.2) is 24.3 Å². The summed E-state index contributed by atoms with van der Waals surface area (Å²) in [4.78, 5) is 14.1. The van der Waals surface area contributed by atoms with Crippen LogP contribution in [0.5, 0.6) is 5.75 Å². The largest absolute Gasteiger partial charge is 0.494 e. The number of hydrogen-bond acceptors (Lipinski definition) is 4. The monoisotopic (exact) mass is 304 g/mol. The van der Waals surface area contributed by atoms with E-state index in [4.69, 9.17) is 15.2 Å². The van der Waals surface area contributed by atoms with E-state index >= 15 is 0 Å². The van der Waals surface area contributed by atoms with Gasteiger partial charge in [-0.1, -0.05) is 6.07 Å². The Morgan fingerprint density at radius 2 is 2.36 bits per heavy atom. The fourth-order valence-corrected chi connectivity index (χ4v) is 3.61. The van der Waals surface area contributed by atoms with Gasteiger partial charge in [-0.15, -0.1) is 0 Å². The summed E-state index contributed by atoms with van der Waals surface area (Å²) >= 11 is 0. The number of ether oxygens (including phenoxy) is 2. The normalized spacial score (nSPS) is 28.0. The Balaban J connectivity index is 1.78. The molecule has 2 atom stereocenters. The lowest BCUT2D eigenvalue weighted by atomic mass is 9.78. The molecule has 1 aromatic rings. The second kappa shape index (κ2) is 6.16. The van der Waals surface area contributed by atoms with Gasteiger partial charge in [0.2, 0.25) is 0 Å². The molecular weight excluding hydrogens is 280 g/mol. The van der Waals surface area contributed by atoms with E-state index in [1.165, 1.54) is 0 Å². The molecule has 22 heavy (non-hydrogen) atoms. The minimum absolute atomic E-state index is 0.258. The minimum atomic E-state index is -0.360. The van der Waals surface area contributed by atoms with Gasteiger partial charge in [-0.3, -0.25) is 4.90 Å². The van der Waals surface area contributed by atoms with E-state index in [2.05, 4.69) is 0 Å². The third-order valence-electron chi connectivity index (χ3n) is 4.65. The van der Waals surface area contributed by atoms with Gasteiger partial charge in [0.15, 0.2) is 0 Å². The fourth-order valence-electron chi connectivity index (χ4n) is 3.61. The summed E-state index contributed by atoms with van der Waals surface area (Å²) in [6.07, 6.45) is 3.75. The Hall–Kier alpha value is -1.75. The van der Waals surface area contributed by atoms with E-state index < -0.39 is 0 Å². The first-order chi connectivity index (χ1) is 10.7. The van der Waals surface area contributed by atoms with Crippen LogP contribution in [0.1, 0.15) is 32.6 Å². The van der Waals surface area contributed by atoms with Gasteiger partial charge in [0.05, 0.1) is 18.8 Å². The van der Waals surface area contributed by atoms with Crippen molar-refractivity contribution in [3.63, 3.8) is 0 Å². The van der Waals surface area contributed by atoms with Crippen LogP contribution in [-0.2, 0) is 4.74 Å². The maximum atomic E-state index is 12.3. The standard InChI is InChI=1S/C17H24N2O3/c1-2-21-15-7-3-6-14(9-15)19-12-17(22-16(19)20)8-4-5-13(10-17)11-18/h3,6-7,9,13H,2,4-5,8,10-12,18H2,1H3/t13-,17-/m0/s1. The SMILES string of the molecule is CCOc1cccc(N2C[C@@]3(CCC[C@H](CN)C3)OC2=O)c1. The van der Waals surface area contributed by atoms with Gasteiger partial charge in [-0.05, 0) is 57.2 Å². The zero-order chi connectivity index (χ0) is 15.6. The van der Waals surface area contributed by atoms with Gasteiger partial charge < -0.3 is 15.2 Å². The molecule has 2 N–H and O–H groups in total. The number of nitrogens with two attached hydrogens (primary N) is 1. The van der Waals surface area contributed by atoms with Crippen molar-refractivity contribution in [2.24, 2.45) is 11.7 Å². The molecule has 1 aliphatic heterocycles. The van der Waals surface area contributed by atoms with Gasteiger partial charge in [0, 0.05) is 6.07 Å². The Morgan fingerprint density at radius 1 is 1.50 bits per heavy atom. The zero-order valence-electron chi connectivity index (χ0n) is 13.1. The van der Waals surface area contributed by atoms with Crippen LogP contribution in [0.25, 0.3) is 0 Å². The van der Waals surface area contributed by atoms with Crippen molar-refractivity contribution in [1.82, 2.24) is 0 Å². The first-order valence-corrected chi connectivity index (χ1v) is 8.09. The number of nitrogens with zero attached hydrogens (tertiary/aromatic N) is 1. The highest BCUT2D eigenvalue weighted by atomic mass is 16.6. The van der Waals surface area contributed by atoms with Crippen LogP contribution in [-0.4, -0.2) is 31.4 Å². The Morgan fingerprint density at radius 3 is 3.14 bits per heavy atom. The van der Waals surface area contributed by atoms with Gasteiger partial charge in [-0.25, -0.2) is 4.79 Å². The molecule has 1 heterocycles. The van der Waals surface area contributed by atoms with Gasteiger partial charge in [0.25, 0.3) is 0 Å².